The average molecular weight is 271 g/mol. The molecule has 1 unspecified atom stereocenters. The zero-order valence-corrected chi connectivity index (χ0v) is 11.0. The van der Waals surface area contributed by atoms with Gasteiger partial charge in [-0.2, -0.15) is 0 Å². The van der Waals surface area contributed by atoms with E-state index in [-0.39, 0.29) is 12.5 Å². The normalized spacial score (nSPS) is 25.4. The summed E-state index contributed by atoms with van der Waals surface area (Å²) in [7, 11) is 0. The van der Waals surface area contributed by atoms with Crippen molar-refractivity contribution in [1.29, 1.82) is 0 Å². The fraction of sp³-hybridized carbons (Fsp3) is 0.846. The van der Waals surface area contributed by atoms with Gasteiger partial charge in [-0.3, -0.25) is 4.79 Å². The van der Waals surface area contributed by atoms with Gasteiger partial charge >= 0.3 is 5.97 Å². The van der Waals surface area contributed by atoms with Gasteiger partial charge in [-0.05, 0) is 19.3 Å². The van der Waals surface area contributed by atoms with Crippen LogP contribution in [-0.4, -0.2) is 48.9 Å². The van der Waals surface area contributed by atoms with Gasteiger partial charge in [-0.15, -0.1) is 0 Å². The maximum absolute atomic E-state index is 11.8. The number of carboxylic acid groups (broad SMARTS) is 1. The molecule has 0 bridgehead atoms. The Kier molecular flexibility index (Phi) is 4.76. The maximum atomic E-state index is 11.8. The summed E-state index contributed by atoms with van der Waals surface area (Å²) in [5, 5.41) is 11.9. The number of rotatable bonds is 6. The van der Waals surface area contributed by atoms with Gasteiger partial charge in [0.2, 0.25) is 5.91 Å². The Balaban J connectivity index is 1.72. The fourth-order valence-electron chi connectivity index (χ4n) is 2.71. The van der Waals surface area contributed by atoms with Gasteiger partial charge in [0.25, 0.3) is 0 Å². The number of aliphatic carboxylic acids is 1. The number of amides is 1. The number of hydrogen-bond acceptors (Lipinski definition) is 4. The molecule has 2 N–H and O–H groups in total. The van der Waals surface area contributed by atoms with Crippen LogP contribution in [0.2, 0.25) is 0 Å². The molecule has 1 amide bonds. The SMILES string of the molecule is O=C(COCC1CCOC1)NC1(C(=O)O)CCCC1. The van der Waals surface area contributed by atoms with Crippen molar-refractivity contribution in [2.75, 3.05) is 26.4 Å². The molecule has 2 rings (SSSR count). The molecular formula is C13H21NO5. The van der Waals surface area contributed by atoms with Crippen molar-refractivity contribution in [2.24, 2.45) is 5.92 Å². The molecule has 2 aliphatic rings. The predicted molar refractivity (Wildman–Crippen MR) is 66.7 cm³/mol. The monoisotopic (exact) mass is 271 g/mol. The van der Waals surface area contributed by atoms with Crippen molar-refractivity contribution < 1.29 is 24.2 Å². The number of ether oxygens (including phenoxy) is 2. The van der Waals surface area contributed by atoms with Gasteiger partial charge in [-0.1, -0.05) is 12.8 Å². The molecule has 1 atom stereocenters. The quantitative estimate of drug-likeness (QED) is 0.737. The molecule has 6 nitrogen and oxygen atoms in total. The van der Waals surface area contributed by atoms with E-state index in [2.05, 4.69) is 5.32 Å². The van der Waals surface area contributed by atoms with Crippen LogP contribution in [0.5, 0.6) is 0 Å². The molecule has 1 aliphatic heterocycles. The standard InChI is InChI=1S/C13H21NO5/c15-11(9-19-8-10-3-6-18-7-10)14-13(12(16)17)4-1-2-5-13/h10H,1-9H2,(H,14,15)(H,16,17). The van der Waals surface area contributed by atoms with Crippen LogP contribution in [-0.2, 0) is 19.1 Å². The lowest BCUT2D eigenvalue weighted by molar-refractivity contribution is -0.148. The van der Waals surface area contributed by atoms with E-state index in [1.807, 2.05) is 0 Å². The Morgan fingerprint density at radius 3 is 2.68 bits per heavy atom. The lowest BCUT2D eigenvalue weighted by Gasteiger charge is -2.25. The summed E-state index contributed by atoms with van der Waals surface area (Å²) in [6, 6.07) is 0. The molecule has 108 valence electrons. The Bertz CT molecular complexity index is 332. The lowest BCUT2D eigenvalue weighted by Crippen LogP contribution is -2.53. The predicted octanol–water partition coefficient (Wildman–Crippen LogP) is 0.553. The molecule has 19 heavy (non-hydrogen) atoms. The highest BCUT2D eigenvalue weighted by atomic mass is 16.5. The fourth-order valence-corrected chi connectivity index (χ4v) is 2.71. The highest BCUT2D eigenvalue weighted by molar-refractivity contribution is 5.87. The third-order valence-corrected chi connectivity index (χ3v) is 3.86. The smallest absolute Gasteiger partial charge is 0.329 e. The number of carbonyl (C=O) groups excluding carboxylic acids is 1. The van der Waals surface area contributed by atoms with E-state index in [9.17, 15) is 14.7 Å². The second kappa shape index (κ2) is 6.34. The van der Waals surface area contributed by atoms with Crippen LogP contribution in [0.3, 0.4) is 0 Å². The van der Waals surface area contributed by atoms with Crippen molar-refractivity contribution in [3.05, 3.63) is 0 Å². The first-order valence-corrected chi connectivity index (χ1v) is 6.82. The summed E-state index contributed by atoms with van der Waals surface area (Å²) in [5.41, 5.74) is -1.07. The van der Waals surface area contributed by atoms with Gasteiger partial charge < -0.3 is 19.9 Å². The Morgan fingerprint density at radius 1 is 1.37 bits per heavy atom. The van der Waals surface area contributed by atoms with Gasteiger partial charge in [0, 0.05) is 12.5 Å². The minimum absolute atomic E-state index is 0.0778. The summed E-state index contributed by atoms with van der Waals surface area (Å²) in [6.07, 6.45) is 3.65. The zero-order chi connectivity index (χ0) is 13.7. The molecule has 6 heteroatoms. The topological polar surface area (TPSA) is 84.9 Å². The molecular weight excluding hydrogens is 250 g/mol. The minimum atomic E-state index is -1.07. The van der Waals surface area contributed by atoms with Crippen LogP contribution in [0.1, 0.15) is 32.1 Å². The van der Waals surface area contributed by atoms with E-state index in [1.165, 1.54) is 0 Å². The molecule has 1 saturated carbocycles. The van der Waals surface area contributed by atoms with Crippen molar-refractivity contribution in [2.45, 2.75) is 37.6 Å². The number of carbonyl (C=O) groups is 2. The molecule has 0 aromatic heterocycles. The summed E-state index contributed by atoms with van der Waals surface area (Å²) in [4.78, 5) is 23.0. The second-order valence-electron chi connectivity index (χ2n) is 5.39. The van der Waals surface area contributed by atoms with E-state index in [0.29, 0.717) is 32.0 Å². The first kappa shape index (κ1) is 14.3. The highest BCUT2D eigenvalue weighted by Crippen LogP contribution is 2.29. The van der Waals surface area contributed by atoms with Crippen molar-refractivity contribution in [3.63, 3.8) is 0 Å². The molecule has 0 radical (unpaired) electrons. The Hall–Kier alpha value is -1.14. The molecule has 2 fully saturated rings. The largest absolute Gasteiger partial charge is 0.480 e. The van der Waals surface area contributed by atoms with Crippen LogP contribution in [0.15, 0.2) is 0 Å². The summed E-state index contributed by atoms with van der Waals surface area (Å²) >= 11 is 0. The van der Waals surface area contributed by atoms with Crippen LogP contribution in [0.4, 0.5) is 0 Å². The first-order chi connectivity index (χ1) is 9.12. The van der Waals surface area contributed by atoms with Crippen LogP contribution < -0.4 is 5.32 Å². The Morgan fingerprint density at radius 2 is 2.11 bits per heavy atom. The zero-order valence-electron chi connectivity index (χ0n) is 11.0. The van der Waals surface area contributed by atoms with E-state index in [1.54, 1.807) is 0 Å². The molecule has 1 aliphatic carbocycles. The van der Waals surface area contributed by atoms with Crippen LogP contribution >= 0.6 is 0 Å². The average Bonchev–Trinajstić information content (AvgIpc) is 3.00. The highest BCUT2D eigenvalue weighted by Gasteiger charge is 2.42. The third-order valence-electron chi connectivity index (χ3n) is 3.86. The Labute approximate surface area is 112 Å². The summed E-state index contributed by atoms with van der Waals surface area (Å²) in [5.74, 6) is -0.932. The van der Waals surface area contributed by atoms with Crippen LogP contribution in [0.25, 0.3) is 0 Å². The van der Waals surface area contributed by atoms with E-state index in [0.717, 1.165) is 25.9 Å². The van der Waals surface area contributed by atoms with E-state index in [4.69, 9.17) is 9.47 Å². The van der Waals surface area contributed by atoms with Gasteiger partial charge in [0.1, 0.15) is 12.1 Å². The summed E-state index contributed by atoms with van der Waals surface area (Å²) < 4.78 is 10.5. The minimum Gasteiger partial charge on any atom is -0.480 e. The third kappa shape index (κ3) is 3.67. The van der Waals surface area contributed by atoms with Gasteiger partial charge in [-0.25, -0.2) is 4.79 Å². The molecule has 0 spiro atoms. The number of nitrogens with one attached hydrogen (secondary N) is 1. The summed E-state index contributed by atoms with van der Waals surface area (Å²) in [6.45, 7) is 1.85. The molecule has 0 aromatic rings. The number of hydrogen-bond donors (Lipinski definition) is 2. The van der Waals surface area contributed by atoms with Crippen molar-refractivity contribution >= 4 is 11.9 Å². The molecule has 1 saturated heterocycles. The first-order valence-electron chi connectivity index (χ1n) is 6.82. The second-order valence-corrected chi connectivity index (χ2v) is 5.39. The van der Waals surface area contributed by atoms with E-state index >= 15 is 0 Å². The van der Waals surface area contributed by atoms with Crippen molar-refractivity contribution in [1.82, 2.24) is 5.32 Å². The lowest BCUT2D eigenvalue weighted by atomic mass is 9.98. The van der Waals surface area contributed by atoms with Gasteiger partial charge in [0.05, 0.1) is 13.2 Å². The molecule has 1 heterocycles. The number of carboxylic acids is 1. The van der Waals surface area contributed by atoms with Gasteiger partial charge in [0.15, 0.2) is 0 Å². The molecule has 0 aromatic carbocycles. The van der Waals surface area contributed by atoms with Crippen LogP contribution in [0, 0.1) is 5.92 Å². The maximum Gasteiger partial charge on any atom is 0.329 e. The van der Waals surface area contributed by atoms with Crippen molar-refractivity contribution in [3.8, 4) is 0 Å². The van der Waals surface area contributed by atoms with E-state index < -0.39 is 11.5 Å².